The predicted molar refractivity (Wildman–Crippen MR) is 94.0 cm³/mol. The van der Waals surface area contributed by atoms with E-state index < -0.39 is 0 Å². The van der Waals surface area contributed by atoms with Crippen LogP contribution in [0.4, 0.5) is 0 Å². The number of nitrogens with zero attached hydrogens (tertiary/aromatic N) is 1. The van der Waals surface area contributed by atoms with Gasteiger partial charge in [-0.15, -0.1) is 0 Å². The summed E-state index contributed by atoms with van der Waals surface area (Å²) in [6.07, 6.45) is 0.244. The lowest BCUT2D eigenvalue weighted by molar-refractivity contribution is -0.121. The molecule has 0 radical (unpaired) electrons. The van der Waals surface area contributed by atoms with Crippen molar-refractivity contribution in [1.29, 1.82) is 0 Å². The lowest BCUT2D eigenvalue weighted by atomic mass is 10.1. The van der Waals surface area contributed by atoms with Gasteiger partial charge in [-0.05, 0) is 32.0 Å². The van der Waals surface area contributed by atoms with Gasteiger partial charge in [0.2, 0.25) is 5.91 Å². The van der Waals surface area contributed by atoms with E-state index in [1.165, 1.54) is 0 Å². The summed E-state index contributed by atoms with van der Waals surface area (Å²) in [5.41, 5.74) is 1.72. The van der Waals surface area contributed by atoms with Gasteiger partial charge in [0.05, 0.1) is 20.3 Å². The van der Waals surface area contributed by atoms with Gasteiger partial charge in [0.15, 0.2) is 0 Å². The summed E-state index contributed by atoms with van der Waals surface area (Å²) >= 11 is 1.15. The van der Waals surface area contributed by atoms with Crippen LogP contribution in [0.25, 0.3) is 0 Å². The smallest absolute Gasteiger partial charge is 0.307 e. The number of hydrogen-bond donors (Lipinski definition) is 1. The van der Waals surface area contributed by atoms with Gasteiger partial charge in [-0.2, -0.15) is 0 Å². The molecule has 0 fully saturated rings. The van der Waals surface area contributed by atoms with Gasteiger partial charge >= 0.3 is 4.87 Å². The number of rotatable bonds is 7. The maximum atomic E-state index is 12.2. The molecular formula is C17H22N2O4S. The Balaban J connectivity index is 2.02. The van der Waals surface area contributed by atoms with Gasteiger partial charge < -0.3 is 19.4 Å². The van der Waals surface area contributed by atoms with Gasteiger partial charge in [0.1, 0.15) is 11.5 Å². The van der Waals surface area contributed by atoms with E-state index in [9.17, 15) is 9.59 Å². The van der Waals surface area contributed by atoms with Crippen LogP contribution in [0, 0.1) is 6.92 Å². The Morgan fingerprint density at radius 3 is 2.67 bits per heavy atom. The number of hydrogen-bond acceptors (Lipinski definition) is 5. The van der Waals surface area contributed by atoms with Crippen LogP contribution in [-0.4, -0.2) is 24.7 Å². The van der Waals surface area contributed by atoms with Crippen molar-refractivity contribution in [1.82, 2.24) is 9.88 Å². The van der Waals surface area contributed by atoms with Crippen molar-refractivity contribution < 1.29 is 14.3 Å². The van der Waals surface area contributed by atoms with E-state index in [1.54, 1.807) is 24.2 Å². The second-order valence-electron chi connectivity index (χ2n) is 5.44. The number of carbonyl (C=O) groups is 1. The molecule has 1 heterocycles. The van der Waals surface area contributed by atoms with E-state index in [0.717, 1.165) is 22.6 Å². The third-order valence-corrected chi connectivity index (χ3v) is 4.70. The minimum Gasteiger partial charge on any atom is -0.497 e. The van der Waals surface area contributed by atoms with Crippen LogP contribution in [0.1, 0.15) is 30.6 Å². The van der Waals surface area contributed by atoms with Crippen LogP contribution >= 0.6 is 11.3 Å². The monoisotopic (exact) mass is 350 g/mol. The first kappa shape index (κ1) is 18.1. The summed E-state index contributed by atoms with van der Waals surface area (Å²) in [7, 11) is 3.18. The Bertz CT molecular complexity index is 766. The molecular weight excluding hydrogens is 328 g/mol. The van der Waals surface area contributed by atoms with Crippen molar-refractivity contribution in [2.75, 3.05) is 14.2 Å². The van der Waals surface area contributed by atoms with Crippen molar-refractivity contribution in [2.24, 2.45) is 0 Å². The molecule has 1 amide bonds. The van der Waals surface area contributed by atoms with E-state index in [0.29, 0.717) is 18.0 Å². The van der Waals surface area contributed by atoms with Crippen LogP contribution < -0.4 is 19.7 Å². The van der Waals surface area contributed by atoms with Crippen molar-refractivity contribution >= 4 is 17.2 Å². The average molecular weight is 350 g/mol. The van der Waals surface area contributed by atoms with Gasteiger partial charge in [-0.1, -0.05) is 11.3 Å². The highest BCUT2D eigenvalue weighted by Gasteiger charge is 2.15. The Labute approximate surface area is 145 Å². The van der Waals surface area contributed by atoms with Gasteiger partial charge in [0, 0.05) is 29.6 Å². The van der Waals surface area contributed by atoms with Gasteiger partial charge in [0.25, 0.3) is 0 Å². The molecule has 0 bridgehead atoms. The van der Waals surface area contributed by atoms with Crippen LogP contribution in [-0.2, 0) is 11.3 Å². The van der Waals surface area contributed by atoms with Crippen molar-refractivity contribution in [3.63, 3.8) is 0 Å². The molecule has 0 saturated carbocycles. The number of aromatic nitrogens is 1. The fourth-order valence-electron chi connectivity index (χ4n) is 2.46. The number of methoxy groups -OCH3 is 2. The van der Waals surface area contributed by atoms with Crippen LogP contribution in [0.3, 0.4) is 0 Å². The maximum absolute atomic E-state index is 12.2. The number of nitrogens with one attached hydrogen (secondary N) is 1. The molecule has 0 aliphatic rings. The quantitative estimate of drug-likeness (QED) is 0.833. The zero-order valence-corrected chi connectivity index (χ0v) is 15.1. The highest BCUT2D eigenvalue weighted by atomic mass is 32.1. The number of carbonyl (C=O) groups excluding carboxylic acids is 1. The van der Waals surface area contributed by atoms with Crippen LogP contribution in [0.5, 0.6) is 11.5 Å². The third-order valence-electron chi connectivity index (χ3n) is 3.82. The van der Waals surface area contributed by atoms with Crippen LogP contribution in [0.15, 0.2) is 28.4 Å². The van der Waals surface area contributed by atoms with Crippen molar-refractivity contribution in [3.05, 3.63) is 44.5 Å². The molecule has 0 aliphatic carbocycles. The minimum absolute atomic E-state index is 0.0391. The lowest BCUT2D eigenvalue weighted by Gasteiger charge is -2.18. The summed E-state index contributed by atoms with van der Waals surface area (Å²) < 4.78 is 12.2. The number of aryl methyl sites for hydroxylation is 1. The molecule has 1 aromatic carbocycles. The lowest BCUT2D eigenvalue weighted by Crippen LogP contribution is -2.29. The zero-order valence-electron chi connectivity index (χ0n) is 14.3. The van der Waals surface area contributed by atoms with Crippen LogP contribution in [0.2, 0.25) is 0 Å². The predicted octanol–water partition coefficient (Wildman–Crippen LogP) is 2.50. The van der Waals surface area contributed by atoms with E-state index in [1.807, 2.05) is 32.0 Å². The zero-order chi connectivity index (χ0) is 17.7. The molecule has 0 saturated heterocycles. The van der Waals surface area contributed by atoms with E-state index in [4.69, 9.17) is 9.47 Å². The topological polar surface area (TPSA) is 69.6 Å². The fraction of sp³-hybridized carbons (Fsp3) is 0.412. The summed E-state index contributed by atoms with van der Waals surface area (Å²) in [6, 6.07) is 5.23. The SMILES string of the molecule is COc1ccc(OC)c(C(C)NC(=O)CCn2c(C)csc2=O)c1. The molecule has 7 heteroatoms. The molecule has 24 heavy (non-hydrogen) atoms. The molecule has 0 aliphatic heterocycles. The number of thiazole rings is 1. The first-order valence-corrected chi connectivity index (χ1v) is 8.50. The van der Waals surface area contributed by atoms with Gasteiger partial charge in [-0.3, -0.25) is 9.59 Å². The Hall–Kier alpha value is -2.28. The molecule has 0 spiro atoms. The average Bonchev–Trinajstić information content (AvgIpc) is 2.90. The van der Waals surface area contributed by atoms with Gasteiger partial charge in [-0.25, -0.2) is 0 Å². The molecule has 2 aromatic rings. The minimum atomic E-state index is -0.233. The second-order valence-corrected chi connectivity index (χ2v) is 6.26. The van der Waals surface area contributed by atoms with Crippen molar-refractivity contribution in [2.45, 2.75) is 32.9 Å². The number of amides is 1. The molecule has 6 nitrogen and oxygen atoms in total. The first-order valence-electron chi connectivity index (χ1n) is 7.62. The summed E-state index contributed by atoms with van der Waals surface area (Å²) in [5, 5.41) is 4.73. The largest absolute Gasteiger partial charge is 0.497 e. The summed E-state index contributed by atoms with van der Waals surface area (Å²) in [5.74, 6) is 1.27. The highest BCUT2D eigenvalue weighted by Crippen LogP contribution is 2.29. The molecule has 2 rings (SSSR count). The van der Waals surface area contributed by atoms with Crippen molar-refractivity contribution in [3.8, 4) is 11.5 Å². The summed E-state index contributed by atoms with van der Waals surface area (Å²) in [6.45, 7) is 4.12. The Morgan fingerprint density at radius 1 is 1.33 bits per heavy atom. The molecule has 1 unspecified atom stereocenters. The maximum Gasteiger partial charge on any atom is 0.307 e. The number of benzene rings is 1. The normalized spacial score (nSPS) is 11.8. The first-order chi connectivity index (χ1) is 11.5. The van der Waals surface area contributed by atoms with E-state index in [2.05, 4.69) is 5.32 Å². The van der Waals surface area contributed by atoms with E-state index >= 15 is 0 Å². The molecule has 1 aromatic heterocycles. The third kappa shape index (κ3) is 4.17. The summed E-state index contributed by atoms with van der Waals surface area (Å²) in [4.78, 5) is 23.8. The number of ether oxygens (including phenoxy) is 2. The Morgan fingerprint density at radius 2 is 2.08 bits per heavy atom. The standard InChI is InChI=1S/C17H22N2O4S/c1-11-10-24-17(21)19(11)8-7-16(20)18-12(2)14-9-13(22-3)5-6-15(14)23-4/h5-6,9-10,12H,7-8H2,1-4H3,(H,18,20). The Kier molecular flexibility index (Phi) is 6.03. The molecule has 1 atom stereocenters. The van der Waals surface area contributed by atoms with E-state index in [-0.39, 0.29) is 23.2 Å². The second kappa shape index (κ2) is 8.01. The highest BCUT2D eigenvalue weighted by molar-refractivity contribution is 7.07. The molecule has 130 valence electrons. The fourth-order valence-corrected chi connectivity index (χ4v) is 3.22. The molecule has 1 N–H and O–H groups in total.